The SMILES string of the molecule is CC(C)(C)OC(=O)N(CCN1Cc2ccc(F)cc2CC1Cc1ccccc1)Cc1ccccc1. The first-order chi connectivity index (χ1) is 16.8. The van der Waals surface area contributed by atoms with Crippen molar-refractivity contribution in [3.05, 3.63) is 107 Å². The van der Waals surface area contributed by atoms with Gasteiger partial charge < -0.3 is 9.64 Å². The normalized spacial score (nSPS) is 15.9. The fourth-order valence-corrected chi connectivity index (χ4v) is 4.63. The van der Waals surface area contributed by atoms with E-state index in [1.165, 1.54) is 11.6 Å². The van der Waals surface area contributed by atoms with E-state index in [4.69, 9.17) is 4.74 Å². The molecule has 1 aliphatic rings. The zero-order valence-corrected chi connectivity index (χ0v) is 20.9. The number of rotatable bonds is 7. The van der Waals surface area contributed by atoms with Crippen LogP contribution in [0.25, 0.3) is 0 Å². The van der Waals surface area contributed by atoms with Gasteiger partial charge in [-0.05, 0) is 68.0 Å². The molecule has 1 heterocycles. The lowest BCUT2D eigenvalue weighted by Crippen LogP contribution is -2.47. The summed E-state index contributed by atoms with van der Waals surface area (Å²) in [5, 5.41) is 0. The van der Waals surface area contributed by atoms with Crippen molar-refractivity contribution in [2.45, 2.75) is 58.3 Å². The van der Waals surface area contributed by atoms with E-state index >= 15 is 0 Å². The van der Waals surface area contributed by atoms with E-state index in [2.05, 4.69) is 29.2 Å². The smallest absolute Gasteiger partial charge is 0.410 e. The number of fused-ring (bicyclic) bond motifs is 1. The van der Waals surface area contributed by atoms with E-state index in [9.17, 15) is 9.18 Å². The average Bonchev–Trinajstić information content (AvgIpc) is 2.82. The molecule has 0 spiro atoms. The van der Waals surface area contributed by atoms with Crippen molar-refractivity contribution < 1.29 is 13.9 Å². The number of hydrogen-bond acceptors (Lipinski definition) is 3. The van der Waals surface area contributed by atoms with Crippen molar-refractivity contribution in [1.82, 2.24) is 9.80 Å². The summed E-state index contributed by atoms with van der Waals surface area (Å²) in [6.45, 7) is 8.16. The fourth-order valence-electron chi connectivity index (χ4n) is 4.63. The van der Waals surface area contributed by atoms with E-state index in [1.54, 1.807) is 11.0 Å². The van der Waals surface area contributed by atoms with Gasteiger partial charge in [0.05, 0.1) is 0 Å². The van der Waals surface area contributed by atoms with E-state index in [0.717, 1.165) is 36.1 Å². The molecule has 1 amide bonds. The summed E-state index contributed by atoms with van der Waals surface area (Å²) in [5.74, 6) is -0.186. The third-order valence-corrected chi connectivity index (χ3v) is 6.35. The van der Waals surface area contributed by atoms with E-state index in [-0.39, 0.29) is 18.0 Å². The molecule has 5 heteroatoms. The third kappa shape index (κ3) is 7.15. The summed E-state index contributed by atoms with van der Waals surface area (Å²) in [6, 6.07) is 25.8. The monoisotopic (exact) mass is 474 g/mol. The van der Waals surface area contributed by atoms with Crippen LogP contribution in [0.2, 0.25) is 0 Å². The van der Waals surface area contributed by atoms with Crippen LogP contribution in [-0.2, 0) is 30.7 Å². The summed E-state index contributed by atoms with van der Waals surface area (Å²) < 4.78 is 19.7. The van der Waals surface area contributed by atoms with Crippen LogP contribution in [-0.4, -0.2) is 40.6 Å². The second-order valence-electron chi connectivity index (χ2n) is 10.3. The van der Waals surface area contributed by atoms with E-state index in [0.29, 0.717) is 19.6 Å². The maximum Gasteiger partial charge on any atom is 0.410 e. The number of carbonyl (C=O) groups excluding carboxylic acids is 1. The van der Waals surface area contributed by atoms with Gasteiger partial charge in [0.25, 0.3) is 0 Å². The Morgan fingerprint density at radius 3 is 2.29 bits per heavy atom. The van der Waals surface area contributed by atoms with Gasteiger partial charge in [0.15, 0.2) is 0 Å². The minimum Gasteiger partial charge on any atom is -0.444 e. The van der Waals surface area contributed by atoms with Crippen LogP contribution in [0.4, 0.5) is 9.18 Å². The van der Waals surface area contributed by atoms with Gasteiger partial charge in [-0.15, -0.1) is 0 Å². The molecule has 3 aromatic rings. The Morgan fingerprint density at radius 2 is 1.63 bits per heavy atom. The quantitative estimate of drug-likeness (QED) is 0.407. The molecular weight excluding hydrogens is 439 g/mol. The number of halogens is 1. The van der Waals surface area contributed by atoms with Gasteiger partial charge in [-0.3, -0.25) is 4.90 Å². The molecule has 0 aliphatic carbocycles. The predicted octanol–water partition coefficient (Wildman–Crippen LogP) is 6.23. The number of ether oxygens (including phenoxy) is 1. The van der Waals surface area contributed by atoms with Crippen LogP contribution < -0.4 is 0 Å². The third-order valence-electron chi connectivity index (χ3n) is 6.35. The molecule has 184 valence electrons. The molecule has 0 saturated heterocycles. The average molecular weight is 475 g/mol. The van der Waals surface area contributed by atoms with Crippen molar-refractivity contribution in [2.75, 3.05) is 13.1 Å². The van der Waals surface area contributed by atoms with Crippen LogP contribution in [0.15, 0.2) is 78.9 Å². The van der Waals surface area contributed by atoms with Gasteiger partial charge in [0, 0.05) is 32.2 Å². The molecule has 1 atom stereocenters. The fraction of sp³-hybridized carbons (Fsp3) is 0.367. The molecule has 1 aliphatic heterocycles. The topological polar surface area (TPSA) is 32.8 Å². The van der Waals surface area contributed by atoms with Crippen molar-refractivity contribution >= 4 is 6.09 Å². The Bertz CT molecular complexity index is 1110. The van der Waals surface area contributed by atoms with Crippen LogP contribution in [0.1, 0.15) is 43.0 Å². The van der Waals surface area contributed by atoms with Crippen molar-refractivity contribution in [1.29, 1.82) is 0 Å². The van der Waals surface area contributed by atoms with Crippen LogP contribution in [0.3, 0.4) is 0 Å². The standard InChI is InChI=1S/C30H35FN2O2/c1-30(2,3)35-29(34)33(21-24-12-8-5-9-13-24)17-16-32-22-25-14-15-27(31)19-26(25)20-28(32)18-23-10-6-4-7-11-23/h4-15,19,28H,16-18,20-22H2,1-3H3. The lowest BCUT2D eigenvalue weighted by Gasteiger charge is -2.38. The van der Waals surface area contributed by atoms with Gasteiger partial charge in [-0.1, -0.05) is 66.7 Å². The van der Waals surface area contributed by atoms with E-state index < -0.39 is 5.60 Å². The summed E-state index contributed by atoms with van der Waals surface area (Å²) in [5.41, 5.74) is 4.00. The highest BCUT2D eigenvalue weighted by molar-refractivity contribution is 5.68. The highest BCUT2D eigenvalue weighted by Crippen LogP contribution is 2.26. The van der Waals surface area contributed by atoms with Crippen LogP contribution in [0.5, 0.6) is 0 Å². The predicted molar refractivity (Wildman–Crippen MR) is 138 cm³/mol. The van der Waals surface area contributed by atoms with Gasteiger partial charge in [0.2, 0.25) is 0 Å². The molecule has 1 unspecified atom stereocenters. The minimum absolute atomic E-state index is 0.186. The maximum atomic E-state index is 14.0. The van der Waals surface area contributed by atoms with Gasteiger partial charge in [-0.25, -0.2) is 9.18 Å². The van der Waals surface area contributed by atoms with Crippen molar-refractivity contribution in [3.8, 4) is 0 Å². The highest BCUT2D eigenvalue weighted by Gasteiger charge is 2.29. The Morgan fingerprint density at radius 1 is 0.971 bits per heavy atom. The van der Waals surface area contributed by atoms with Gasteiger partial charge in [0.1, 0.15) is 11.4 Å². The molecule has 0 bridgehead atoms. The number of carbonyl (C=O) groups is 1. The molecule has 3 aromatic carbocycles. The zero-order chi connectivity index (χ0) is 24.8. The van der Waals surface area contributed by atoms with Crippen molar-refractivity contribution in [3.63, 3.8) is 0 Å². The van der Waals surface area contributed by atoms with Gasteiger partial charge >= 0.3 is 6.09 Å². The molecule has 4 nitrogen and oxygen atoms in total. The Balaban J connectivity index is 1.53. The number of benzene rings is 3. The number of hydrogen-bond donors (Lipinski definition) is 0. The maximum absolute atomic E-state index is 14.0. The zero-order valence-electron chi connectivity index (χ0n) is 20.9. The van der Waals surface area contributed by atoms with Gasteiger partial charge in [-0.2, -0.15) is 0 Å². The molecule has 0 fully saturated rings. The second-order valence-corrected chi connectivity index (χ2v) is 10.3. The van der Waals surface area contributed by atoms with Crippen LogP contribution in [0, 0.1) is 5.82 Å². The number of nitrogens with zero attached hydrogens (tertiary/aromatic N) is 2. The Kier molecular flexibility index (Phi) is 7.86. The molecule has 35 heavy (non-hydrogen) atoms. The van der Waals surface area contributed by atoms with Crippen molar-refractivity contribution in [2.24, 2.45) is 0 Å². The molecule has 4 rings (SSSR count). The molecule has 0 radical (unpaired) electrons. The first-order valence-corrected chi connectivity index (χ1v) is 12.3. The summed E-state index contributed by atoms with van der Waals surface area (Å²) >= 11 is 0. The molecule has 0 saturated carbocycles. The largest absolute Gasteiger partial charge is 0.444 e. The first-order valence-electron chi connectivity index (χ1n) is 12.3. The molecular formula is C30H35FN2O2. The summed E-state index contributed by atoms with van der Waals surface area (Å²) in [7, 11) is 0. The molecule has 0 N–H and O–H groups in total. The lowest BCUT2D eigenvalue weighted by atomic mass is 9.90. The van der Waals surface area contributed by atoms with E-state index in [1.807, 2.05) is 63.2 Å². The highest BCUT2D eigenvalue weighted by atomic mass is 19.1. The Labute approximate surface area is 208 Å². The first kappa shape index (κ1) is 24.9. The summed E-state index contributed by atoms with van der Waals surface area (Å²) in [6.07, 6.45) is 1.36. The second kappa shape index (κ2) is 11.0. The number of amides is 1. The lowest BCUT2D eigenvalue weighted by molar-refractivity contribution is 0.0198. The molecule has 0 aromatic heterocycles. The Hall–Kier alpha value is -3.18. The summed E-state index contributed by atoms with van der Waals surface area (Å²) in [4.78, 5) is 17.3. The minimum atomic E-state index is -0.560. The van der Waals surface area contributed by atoms with Crippen LogP contribution >= 0.6 is 0 Å².